The second-order valence-electron chi connectivity index (χ2n) is 33.3. The van der Waals surface area contributed by atoms with E-state index >= 15 is 0 Å². The second-order valence-corrected chi connectivity index (χ2v) is 33.3. The summed E-state index contributed by atoms with van der Waals surface area (Å²) in [5.41, 5.74) is 30.1. The molecule has 26 rings (SSSR count). The maximum atomic E-state index is 5.24. The molecule has 10 nitrogen and oxygen atoms in total. The predicted molar refractivity (Wildman–Crippen MR) is 547 cm³/mol. The Morgan fingerprint density at radius 1 is 0.136 bits per heavy atom. The van der Waals surface area contributed by atoms with Crippen molar-refractivity contribution >= 4 is 130 Å². The van der Waals surface area contributed by atoms with Crippen molar-refractivity contribution in [3.05, 3.63) is 462 Å². The van der Waals surface area contributed by atoms with Crippen LogP contribution in [0.4, 0.5) is 0 Å². The van der Waals surface area contributed by atoms with E-state index in [1.807, 2.05) is 98.2 Å². The molecule has 0 atom stereocenters. The minimum absolute atomic E-state index is 0.955. The van der Waals surface area contributed by atoms with Gasteiger partial charge in [0.15, 0.2) is 0 Å². The van der Waals surface area contributed by atoms with Crippen LogP contribution in [0.1, 0.15) is 0 Å². The highest BCUT2D eigenvalue weighted by Crippen LogP contribution is 2.46. The summed E-state index contributed by atoms with van der Waals surface area (Å²) >= 11 is 0. The topological polar surface area (TPSA) is 129 Å². The lowest BCUT2D eigenvalue weighted by Gasteiger charge is -2.14. The number of aromatic nitrogens is 10. The van der Waals surface area contributed by atoms with Gasteiger partial charge in [-0.15, -0.1) is 0 Å². The summed E-state index contributed by atoms with van der Waals surface area (Å²) in [6.45, 7) is 0. The van der Waals surface area contributed by atoms with Gasteiger partial charge in [0.1, 0.15) is 0 Å². The van der Waals surface area contributed by atoms with Crippen LogP contribution in [0.5, 0.6) is 0 Å². The molecule has 0 N–H and O–H groups in total. The molecule has 0 unspecified atom stereocenters. The van der Waals surface area contributed by atoms with Gasteiger partial charge in [-0.3, -0.25) is 29.9 Å². The zero-order chi connectivity index (χ0) is 87.4. The Labute approximate surface area is 760 Å². The van der Waals surface area contributed by atoms with Gasteiger partial charge in [-0.25, -0.2) is 19.9 Å². The van der Waals surface area contributed by atoms with Crippen molar-refractivity contribution in [2.24, 2.45) is 0 Å². The lowest BCUT2D eigenvalue weighted by Crippen LogP contribution is -1.93. The average Bonchev–Trinajstić information content (AvgIpc) is 0.734. The van der Waals surface area contributed by atoms with Gasteiger partial charge in [-0.05, 0) is 192 Å². The summed E-state index contributed by atoms with van der Waals surface area (Å²) in [5, 5.41) is 20.9. The van der Waals surface area contributed by atoms with Gasteiger partial charge in [-0.2, -0.15) is 0 Å². The van der Waals surface area contributed by atoms with E-state index in [-0.39, 0.29) is 0 Å². The summed E-state index contributed by atoms with van der Waals surface area (Å²) in [6.07, 6.45) is 16.7. The molecule has 10 aromatic heterocycles. The molecule has 0 amide bonds. The molecule has 0 aliphatic carbocycles. The molecule has 614 valence electrons. The molecule has 26 aromatic rings. The zero-order valence-electron chi connectivity index (χ0n) is 71.4. The number of benzene rings is 16. The van der Waals surface area contributed by atoms with E-state index in [0.717, 1.165) is 188 Å². The molecule has 0 aliphatic heterocycles. The lowest BCUT2D eigenvalue weighted by atomic mass is 9.92. The quantitative estimate of drug-likeness (QED) is 0.115. The Kier molecular flexibility index (Phi) is 19.7. The van der Waals surface area contributed by atoms with Crippen LogP contribution in [-0.4, -0.2) is 49.8 Å². The number of pyridine rings is 10. The Balaban J connectivity index is 0.000000110. The molecule has 10 heteroatoms. The molecule has 0 bridgehead atoms. The number of nitrogens with zero attached hydrogens (tertiary/aromatic N) is 10. The Morgan fingerprint density at radius 3 is 0.750 bits per heavy atom. The Hall–Kier alpha value is -17.9. The van der Waals surface area contributed by atoms with Crippen molar-refractivity contribution in [3.63, 3.8) is 0 Å². The minimum atomic E-state index is 0.955. The van der Waals surface area contributed by atoms with Gasteiger partial charge in [0.2, 0.25) is 0 Å². The molecular formula is C122H76N10. The highest BCUT2D eigenvalue weighted by molar-refractivity contribution is 6.31. The van der Waals surface area contributed by atoms with Gasteiger partial charge < -0.3 is 0 Å². The fourth-order valence-electron chi connectivity index (χ4n) is 19.2. The summed E-state index contributed by atoms with van der Waals surface area (Å²) in [6, 6.07) is 143. The minimum Gasteiger partial charge on any atom is -0.265 e. The van der Waals surface area contributed by atoms with Gasteiger partial charge >= 0.3 is 0 Å². The third-order valence-corrected chi connectivity index (χ3v) is 25.5. The van der Waals surface area contributed by atoms with Crippen LogP contribution in [0.25, 0.3) is 253 Å². The number of hydrogen-bond acceptors (Lipinski definition) is 10. The lowest BCUT2D eigenvalue weighted by molar-refractivity contribution is 1.32. The molecule has 0 spiro atoms. The zero-order valence-corrected chi connectivity index (χ0v) is 71.4. The van der Waals surface area contributed by atoms with E-state index in [1.165, 1.54) is 65.2 Å². The molecule has 10 heterocycles. The smallest absolute Gasteiger partial charge is 0.0788 e. The van der Waals surface area contributed by atoms with Crippen LogP contribution in [0.2, 0.25) is 0 Å². The maximum absolute atomic E-state index is 5.24. The van der Waals surface area contributed by atoms with Gasteiger partial charge in [0, 0.05) is 164 Å². The van der Waals surface area contributed by atoms with E-state index in [9.17, 15) is 0 Å². The summed E-state index contributed by atoms with van der Waals surface area (Å²) in [7, 11) is 0. The van der Waals surface area contributed by atoms with Crippen LogP contribution in [0, 0.1) is 0 Å². The number of rotatable bonds is 11. The molecule has 0 saturated heterocycles. The monoisotopic (exact) mass is 1680 g/mol. The first-order chi connectivity index (χ1) is 65.4. The van der Waals surface area contributed by atoms with Crippen LogP contribution in [-0.2, 0) is 0 Å². The number of fused-ring (bicyclic) bond motifs is 21. The van der Waals surface area contributed by atoms with E-state index in [2.05, 4.69) is 379 Å². The summed E-state index contributed by atoms with van der Waals surface area (Å²) < 4.78 is 0. The maximum Gasteiger partial charge on any atom is 0.0788 e. The SMILES string of the molecule is c1cc(-c2ccncc2)cc(-c2ccc(-c3nc4ccccc4c4c3ccc3ccc5cccnc5c34)cc2)c1.c1ccc(-c2cc(-c3ccc(-c4nc5ccccc5c5c4ccc4ccc6cccnc6c45)cc3)cc(-c3ccccc3)n2)cc1.c1cnc2c(c1)ccc1ccc3c(-c4ccc(-c5cc(-c6ccncc6)cc(-c6ccncc6)c5)cc4)nc4ccccc4c3c12. The highest BCUT2D eigenvalue weighted by atomic mass is 14.7. The molecular weight excluding hydrogens is 1610 g/mol. The number of para-hydroxylation sites is 3. The number of hydrogen-bond donors (Lipinski definition) is 0. The molecule has 132 heavy (non-hydrogen) atoms. The first-order valence-corrected chi connectivity index (χ1v) is 44.3. The Morgan fingerprint density at radius 2 is 0.402 bits per heavy atom. The summed E-state index contributed by atoms with van der Waals surface area (Å²) in [4.78, 5) is 47.8. The van der Waals surface area contributed by atoms with Gasteiger partial charge in [-0.1, -0.05) is 297 Å². The third kappa shape index (κ3) is 14.4. The molecule has 16 aromatic carbocycles. The fraction of sp³-hybridized carbons (Fsp3) is 0. The first-order valence-electron chi connectivity index (χ1n) is 44.3. The Bertz CT molecular complexity index is 8500. The first kappa shape index (κ1) is 77.7. The van der Waals surface area contributed by atoms with Crippen molar-refractivity contribution < 1.29 is 0 Å². The van der Waals surface area contributed by atoms with Gasteiger partial charge in [0.25, 0.3) is 0 Å². The fourth-order valence-corrected chi connectivity index (χ4v) is 19.2. The van der Waals surface area contributed by atoms with Crippen LogP contribution in [0.3, 0.4) is 0 Å². The standard InChI is InChI=1S/C43H27N3.C42H26N4.C37H23N3/c1-3-10-29(11-4-1)38-26-34(27-39(45-38)30-12-5-2-6-13-30)28-17-20-33(21-18-28)42-36-24-23-31-19-22-32-14-9-25-44-43(32)40(31)41(36)35-15-7-8-16-37(35)46-42;1-2-6-38-36(5-1)40-37(14-13-30-9-12-31-4-3-19-45-42(31)39(30)40)41(46-38)32-10-7-27(8-11-32)33-24-34(28-15-20-43-21-16-28)26-35(25-33)29-17-22-44-23-18-29;1-2-9-33-31(8-1)35-32(17-16-26-12-15-27-7-4-20-39-37(27)34(26)35)36(40-33)28-13-10-24(11-14-28)29-5-3-6-30(23-29)25-18-21-38-22-19-25/h1-27H;1-26H;1-23H. The van der Waals surface area contributed by atoms with E-state index < -0.39 is 0 Å². The van der Waals surface area contributed by atoms with Crippen molar-refractivity contribution in [2.75, 3.05) is 0 Å². The molecule has 0 radical (unpaired) electrons. The highest BCUT2D eigenvalue weighted by Gasteiger charge is 2.22. The van der Waals surface area contributed by atoms with Crippen molar-refractivity contribution in [1.82, 2.24) is 49.8 Å². The van der Waals surface area contributed by atoms with E-state index in [4.69, 9.17) is 34.9 Å². The van der Waals surface area contributed by atoms with E-state index in [1.54, 1.807) is 0 Å². The van der Waals surface area contributed by atoms with E-state index in [0.29, 0.717) is 0 Å². The second kappa shape index (κ2) is 33.5. The van der Waals surface area contributed by atoms with Crippen LogP contribution >= 0.6 is 0 Å². The van der Waals surface area contributed by atoms with Crippen LogP contribution < -0.4 is 0 Å². The normalized spacial score (nSPS) is 11.5. The van der Waals surface area contributed by atoms with Crippen molar-refractivity contribution in [2.45, 2.75) is 0 Å². The van der Waals surface area contributed by atoms with Crippen LogP contribution in [0.15, 0.2) is 462 Å². The summed E-state index contributed by atoms with van der Waals surface area (Å²) in [5.74, 6) is 0. The van der Waals surface area contributed by atoms with Gasteiger partial charge in [0.05, 0.1) is 61.6 Å². The largest absolute Gasteiger partial charge is 0.265 e. The third-order valence-electron chi connectivity index (χ3n) is 25.5. The predicted octanol–water partition coefficient (Wildman–Crippen LogP) is 31.2. The molecule has 0 fully saturated rings. The molecule has 0 aliphatic rings. The van der Waals surface area contributed by atoms with Crippen molar-refractivity contribution in [3.8, 4) is 123 Å². The van der Waals surface area contributed by atoms with Crippen molar-refractivity contribution in [1.29, 1.82) is 0 Å². The average molecular weight is 1680 g/mol. The molecule has 0 saturated carbocycles.